The lowest BCUT2D eigenvalue weighted by Crippen LogP contribution is -2.31. The largest absolute Gasteiger partial charge is 0.741 e. The quantitative estimate of drug-likeness (QED) is 0.448. The number of hydrogen-bond acceptors (Lipinski definition) is 3. The van der Waals surface area contributed by atoms with Gasteiger partial charge in [0.1, 0.15) is 6.54 Å². The zero-order chi connectivity index (χ0) is 14.6. The Morgan fingerprint density at radius 3 is 1.78 bits per heavy atom. The molecule has 0 unspecified atom stereocenters. The van der Waals surface area contributed by atoms with E-state index in [2.05, 4.69) is 43.8 Å². The summed E-state index contributed by atoms with van der Waals surface area (Å²) < 4.78 is 61.1. The predicted octanol–water partition coefficient (Wildman–Crippen LogP) is 1.66. The second-order valence-corrected chi connectivity index (χ2v) is 4.99. The first-order valence-electron chi connectivity index (χ1n) is 4.97. The van der Waals surface area contributed by atoms with E-state index in [0.717, 1.165) is 6.54 Å². The zero-order valence-corrected chi connectivity index (χ0v) is 11.0. The summed E-state index contributed by atoms with van der Waals surface area (Å²) >= 11 is 0. The average Bonchev–Trinajstić information content (AvgIpc) is 2.13. The topological polar surface area (TPSA) is 61.1 Å². The monoisotopic (exact) mass is 285 g/mol. The Bertz CT molecular complexity index is 477. The Hall–Kier alpha value is -1.15. The minimum Gasteiger partial charge on any atom is -0.741 e. The van der Waals surface area contributed by atoms with E-state index < -0.39 is 15.6 Å². The first-order valence-corrected chi connectivity index (χ1v) is 6.37. The average molecular weight is 285 g/mol. The van der Waals surface area contributed by atoms with Gasteiger partial charge in [-0.2, -0.15) is 13.2 Å². The Labute approximate surface area is 104 Å². The first-order chi connectivity index (χ1) is 7.97. The smallest absolute Gasteiger partial charge is 0.485 e. The molecule has 0 aliphatic rings. The van der Waals surface area contributed by atoms with Crippen molar-refractivity contribution in [2.24, 2.45) is 0 Å². The van der Waals surface area contributed by atoms with Crippen LogP contribution < -0.4 is 4.57 Å². The molecular formula is C10H14F3NO3S. The van der Waals surface area contributed by atoms with Crippen molar-refractivity contribution < 1.29 is 30.7 Å². The summed E-state index contributed by atoms with van der Waals surface area (Å²) in [7, 11) is -6.09. The van der Waals surface area contributed by atoms with Crippen LogP contribution in [-0.4, -0.2) is 18.5 Å². The van der Waals surface area contributed by atoms with Crippen LogP contribution >= 0.6 is 0 Å². The number of halogens is 3. The number of nitrogens with zero attached hydrogens (tertiary/aromatic N) is 1. The fraction of sp³-hybridized carbons (Fsp3) is 0.500. The van der Waals surface area contributed by atoms with Crippen LogP contribution in [0, 0.1) is 13.8 Å². The number of hydrogen-bond donors (Lipinski definition) is 0. The van der Waals surface area contributed by atoms with Crippen LogP contribution in [0.3, 0.4) is 0 Å². The van der Waals surface area contributed by atoms with Crippen LogP contribution in [0.15, 0.2) is 18.5 Å². The molecule has 1 heterocycles. The molecule has 8 heteroatoms. The summed E-state index contributed by atoms with van der Waals surface area (Å²) in [4.78, 5) is 0. The molecule has 0 saturated carbocycles. The van der Waals surface area contributed by atoms with Gasteiger partial charge in [0, 0.05) is 11.1 Å². The van der Waals surface area contributed by atoms with Gasteiger partial charge in [0.15, 0.2) is 22.5 Å². The minimum absolute atomic E-state index is 1.06. The van der Waals surface area contributed by atoms with E-state index >= 15 is 0 Å². The number of alkyl halides is 3. The van der Waals surface area contributed by atoms with Crippen molar-refractivity contribution in [2.75, 3.05) is 0 Å². The van der Waals surface area contributed by atoms with Crippen LogP contribution in [0.1, 0.15) is 18.1 Å². The van der Waals surface area contributed by atoms with Crippen molar-refractivity contribution in [3.8, 4) is 0 Å². The number of aromatic nitrogens is 1. The highest BCUT2D eigenvalue weighted by Gasteiger charge is 2.36. The molecule has 0 aromatic carbocycles. The Morgan fingerprint density at radius 2 is 1.56 bits per heavy atom. The van der Waals surface area contributed by atoms with Gasteiger partial charge in [0.2, 0.25) is 0 Å². The first kappa shape index (κ1) is 16.9. The number of rotatable bonds is 1. The van der Waals surface area contributed by atoms with E-state index in [4.69, 9.17) is 13.0 Å². The van der Waals surface area contributed by atoms with Crippen LogP contribution in [0.5, 0.6) is 0 Å². The molecule has 1 rings (SSSR count). The van der Waals surface area contributed by atoms with Crippen molar-refractivity contribution in [1.29, 1.82) is 0 Å². The third kappa shape index (κ3) is 5.97. The zero-order valence-electron chi connectivity index (χ0n) is 10.2. The maximum absolute atomic E-state index is 10.7. The molecule has 0 aliphatic carbocycles. The van der Waals surface area contributed by atoms with E-state index in [1.165, 1.54) is 11.1 Å². The molecule has 0 fully saturated rings. The van der Waals surface area contributed by atoms with Crippen molar-refractivity contribution >= 4 is 10.1 Å². The summed E-state index contributed by atoms with van der Waals surface area (Å²) in [5, 5.41) is 0. The van der Waals surface area contributed by atoms with Gasteiger partial charge in [-0.05, 0) is 26.8 Å². The van der Waals surface area contributed by atoms with E-state index in [9.17, 15) is 13.2 Å². The molecule has 0 spiro atoms. The molecule has 1 aromatic rings. The van der Waals surface area contributed by atoms with Crippen molar-refractivity contribution in [3.05, 3.63) is 29.6 Å². The van der Waals surface area contributed by atoms with E-state index in [0.29, 0.717) is 0 Å². The van der Waals surface area contributed by atoms with E-state index in [1.807, 2.05) is 0 Å². The van der Waals surface area contributed by atoms with Crippen LogP contribution in [0.4, 0.5) is 13.2 Å². The Balaban J connectivity index is 0.000000331. The predicted molar refractivity (Wildman–Crippen MR) is 57.5 cm³/mol. The molecule has 0 aliphatic heterocycles. The molecule has 1 aromatic heterocycles. The summed E-state index contributed by atoms with van der Waals surface area (Å²) in [6.45, 7) is 7.46. The standard InChI is InChI=1S/C9H14N.CHF3O3S/c1-4-10-6-8(2)5-9(3)7-10;2-1(3,4)8(5,6)7/h5-7H,4H2,1-3H3;(H,5,6,7)/q+1;/p-1. The van der Waals surface area contributed by atoms with Crippen molar-refractivity contribution in [2.45, 2.75) is 32.8 Å². The third-order valence-corrected chi connectivity index (χ3v) is 2.41. The van der Waals surface area contributed by atoms with Crippen LogP contribution in [0.25, 0.3) is 0 Å². The lowest BCUT2D eigenvalue weighted by atomic mass is 10.2. The fourth-order valence-electron chi connectivity index (χ4n) is 1.18. The van der Waals surface area contributed by atoms with Crippen molar-refractivity contribution in [1.82, 2.24) is 0 Å². The van der Waals surface area contributed by atoms with Gasteiger partial charge in [0.05, 0.1) is 0 Å². The summed E-state index contributed by atoms with van der Waals surface area (Å²) in [6.07, 6.45) is 4.32. The molecule has 0 bridgehead atoms. The summed E-state index contributed by atoms with van der Waals surface area (Å²) in [6, 6.07) is 2.19. The molecule has 0 amide bonds. The molecule has 0 radical (unpaired) electrons. The van der Waals surface area contributed by atoms with E-state index in [-0.39, 0.29) is 0 Å². The highest BCUT2D eigenvalue weighted by Crippen LogP contribution is 2.20. The second-order valence-electron chi connectivity index (χ2n) is 3.62. The molecule has 4 nitrogen and oxygen atoms in total. The molecule has 0 N–H and O–H groups in total. The van der Waals surface area contributed by atoms with E-state index in [1.54, 1.807) is 0 Å². The SMILES string of the molecule is CC[n+]1cc(C)cc(C)c1.O=S(=O)([O-])C(F)(F)F. The Morgan fingerprint density at radius 1 is 1.22 bits per heavy atom. The second kappa shape index (κ2) is 6.14. The lowest BCUT2D eigenvalue weighted by Gasteiger charge is -2.08. The van der Waals surface area contributed by atoms with Crippen LogP contribution in [0.2, 0.25) is 0 Å². The molecular weight excluding hydrogens is 271 g/mol. The maximum Gasteiger partial charge on any atom is 0.485 e. The third-order valence-electron chi connectivity index (χ3n) is 1.84. The summed E-state index contributed by atoms with van der Waals surface area (Å²) in [5.74, 6) is 0. The fourth-order valence-corrected chi connectivity index (χ4v) is 1.18. The van der Waals surface area contributed by atoms with Crippen LogP contribution in [-0.2, 0) is 16.7 Å². The van der Waals surface area contributed by atoms with Gasteiger partial charge in [-0.25, -0.2) is 13.0 Å². The highest BCUT2D eigenvalue weighted by molar-refractivity contribution is 7.86. The van der Waals surface area contributed by atoms with Gasteiger partial charge in [-0.1, -0.05) is 0 Å². The van der Waals surface area contributed by atoms with Gasteiger partial charge < -0.3 is 4.55 Å². The minimum atomic E-state index is -6.09. The van der Waals surface area contributed by atoms with Gasteiger partial charge in [-0.3, -0.25) is 0 Å². The lowest BCUT2D eigenvalue weighted by molar-refractivity contribution is -0.694. The van der Waals surface area contributed by atoms with Gasteiger partial charge >= 0.3 is 5.51 Å². The normalized spacial score (nSPS) is 11.7. The number of aryl methyl sites for hydroxylation is 3. The maximum atomic E-state index is 10.7. The highest BCUT2D eigenvalue weighted by atomic mass is 32.2. The Kier molecular flexibility index (Phi) is 5.75. The molecule has 0 atom stereocenters. The van der Waals surface area contributed by atoms with Crippen molar-refractivity contribution in [3.63, 3.8) is 0 Å². The molecule has 104 valence electrons. The molecule has 18 heavy (non-hydrogen) atoms. The van der Waals surface area contributed by atoms with Gasteiger partial charge in [-0.15, -0.1) is 0 Å². The number of pyridine rings is 1. The van der Waals surface area contributed by atoms with Gasteiger partial charge in [0.25, 0.3) is 0 Å². The molecule has 0 saturated heterocycles. The summed E-state index contributed by atoms with van der Waals surface area (Å²) in [5.41, 5.74) is -2.98.